The predicted octanol–water partition coefficient (Wildman–Crippen LogP) is 2.71. The molecule has 9 heteroatoms. The summed E-state index contributed by atoms with van der Waals surface area (Å²) in [7, 11) is -2.23. The fraction of sp³-hybridized carbons (Fsp3) is 0.375. The van der Waals surface area contributed by atoms with Crippen molar-refractivity contribution in [2.45, 2.75) is 38.3 Å². The lowest BCUT2D eigenvalue weighted by Crippen LogP contribution is -2.26. The van der Waals surface area contributed by atoms with Gasteiger partial charge >= 0.3 is 0 Å². The summed E-state index contributed by atoms with van der Waals surface area (Å²) >= 11 is 1.37. The summed E-state index contributed by atoms with van der Waals surface area (Å²) in [5.41, 5.74) is 1.28. The number of hydrogen-bond acceptors (Lipinski definition) is 6. The van der Waals surface area contributed by atoms with Gasteiger partial charge in [0.15, 0.2) is 5.03 Å². The molecule has 0 saturated heterocycles. The summed E-state index contributed by atoms with van der Waals surface area (Å²) in [5.74, 6) is 0.601. The third-order valence-electron chi connectivity index (χ3n) is 3.74. The van der Waals surface area contributed by atoms with Crippen LogP contribution in [0.5, 0.6) is 5.75 Å². The number of sulfonamides is 1. The van der Waals surface area contributed by atoms with E-state index in [1.54, 1.807) is 13.2 Å². The van der Waals surface area contributed by atoms with Crippen LogP contribution in [0, 0.1) is 6.92 Å². The van der Waals surface area contributed by atoms with Crippen LogP contribution in [0.15, 0.2) is 29.3 Å². The van der Waals surface area contributed by atoms with E-state index in [0.29, 0.717) is 16.4 Å². The number of imidazole rings is 1. The van der Waals surface area contributed by atoms with Gasteiger partial charge < -0.3 is 4.74 Å². The number of methoxy groups -OCH3 is 1. The van der Waals surface area contributed by atoms with E-state index in [0.717, 1.165) is 10.6 Å². The second-order valence-electron chi connectivity index (χ2n) is 5.91. The van der Waals surface area contributed by atoms with Crippen molar-refractivity contribution >= 4 is 26.3 Å². The maximum absolute atomic E-state index is 13.0. The van der Waals surface area contributed by atoms with Gasteiger partial charge in [-0.05, 0) is 18.9 Å². The Morgan fingerprint density at radius 1 is 1.32 bits per heavy atom. The molecule has 0 unspecified atom stereocenters. The monoisotopic (exact) mass is 380 g/mol. The van der Waals surface area contributed by atoms with Gasteiger partial charge in [0, 0.05) is 12.1 Å². The normalized spacial score (nSPS) is 12.2. The van der Waals surface area contributed by atoms with Crippen molar-refractivity contribution in [1.82, 2.24) is 19.3 Å². The van der Waals surface area contributed by atoms with Crippen LogP contribution in [0.1, 0.15) is 36.0 Å². The zero-order valence-electron chi connectivity index (χ0n) is 14.5. The summed E-state index contributed by atoms with van der Waals surface area (Å²) in [5, 5.41) is 5.17. The molecule has 25 heavy (non-hydrogen) atoms. The van der Waals surface area contributed by atoms with Gasteiger partial charge in [0.2, 0.25) is 4.96 Å². The summed E-state index contributed by atoms with van der Waals surface area (Å²) in [6, 6.07) is 7.30. The van der Waals surface area contributed by atoms with Crippen molar-refractivity contribution in [2.75, 3.05) is 7.11 Å². The van der Waals surface area contributed by atoms with Crippen molar-refractivity contribution in [1.29, 1.82) is 0 Å². The van der Waals surface area contributed by atoms with Crippen molar-refractivity contribution in [3.8, 4) is 5.75 Å². The number of nitrogens with zero attached hydrogens (tertiary/aromatic N) is 3. The van der Waals surface area contributed by atoms with Gasteiger partial charge in [-0.15, -0.1) is 0 Å². The van der Waals surface area contributed by atoms with Gasteiger partial charge in [-0.1, -0.05) is 43.4 Å². The molecule has 2 aromatic heterocycles. The minimum absolute atomic E-state index is 0.0351. The van der Waals surface area contributed by atoms with Crippen molar-refractivity contribution in [3.63, 3.8) is 0 Å². The lowest BCUT2D eigenvalue weighted by molar-refractivity contribution is 0.409. The van der Waals surface area contributed by atoms with E-state index in [4.69, 9.17) is 4.74 Å². The molecule has 7 nitrogen and oxygen atoms in total. The highest BCUT2D eigenvalue weighted by Gasteiger charge is 2.28. The van der Waals surface area contributed by atoms with E-state index in [2.05, 4.69) is 14.8 Å². The number of para-hydroxylation sites is 1. The van der Waals surface area contributed by atoms with Gasteiger partial charge in [0.1, 0.15) is 10.8 Å². The average molecular weight is 380 g/mol. The van der Waals surface area contributed by atoms with E-state index in [-0.39, 0.29) is 17.5 Å². The highest BCUT2D eigenvalue weighted by molar-refractivity contribution is 7.89. The first-order chi connectivity index (χ1) is 11.8. The van der Waals surface area contributed by atoms with Crippen molar-refractivity contribution < 1.29 is 13.2 Å². The number of fused-ring (bicyclic) bond motifs is 1. The maximum atomic E-state index is 13.0. The van der Waals surface area contributed by atoms with Crippen molar-refractivity contribution in [2.24, 2.45) is 0 Å². The standard InChI is InChI=1S/C16H20N4O3S2/c1-10(2)14-15(20-16(18-14)24-11(3)19-20)25(21,22)17-9-12-7-5-6-8-13(12)23-4/h5-8,10,17H,9H2,1-4H3. The topological polar surface area (TPSA) is 85.6 Å². The molecule has 3 aromatic rings. The van der Waals surface area contributed by atoms with E-state index < -0.39 is 10.0 Å². The molecule has 0 fully saturated rings. The molecule has 0 bridgehead atoms. The van der Waals surface area contributed by atoms with Crippen molar-refractivity contribution in [3.05, 3.63) is 40.5 Å². The van der Waals surface area contributed by atoms with Gasteiger partial charge in [-0.2, -0.15) is 9.61 Å². The smallest absolute Gasteiger partial charge is 0.260 e. The fourth-order valence-electron chi connectivity index (χ4n) is 2.56. The second-order valence-corrected chi connectivity index (χ2v) is 8.75. The van der Waals surface area contributed by atoms with Crippen LogP contribution in [0.4, 0.5) is 0 Å². The van der Waals surface area contributed by atoms with Crippen LogP contribution in [0.25, 0.3) is 4.96 Å². The molecule has 134 valence electrons. The second kappa shape index (κ2) is 6.74. The quantitative estimate of drug-likeness (QED) is 0.711. The highest BCUT2D eigenvalue weighted by atomic mass is 32.2. The Morgan fingerprint density at radius 2 is 2.04 bits per heavy atom. The molecule has 0 radical (unpaired) electrons. The molecule has 0 aliphatic rings. The summed E-state index contributed by atoms with van der Waals surface area (Å²) < 4.78 is 35.3. The molecule has 1 aromatic carbocycles. The molecule has 3 rings (SSSR count). The Morgan fingerprint density at radius 3 is 2.72 bits per heavy atom. The minimum Gasteiger partial charge on any atom is -0.496 e. The summed E-state index contributed by atoms with van der Waals surface area (Å²) in [4.78, 5) is 5.05. The number of aromatic nitrogens is 3. The Bertz CT molecular complexity index is 1010. The first-order valence-electron chi connectivity index (χ1n) is 7.81. The Kier molecular flexibility index (Phi) is 4.81. The first-order valence-corrected chi connectivity index (χ1v) is 10.1. The molecule has 1 N–H and O–H groups in total. The van der Waals surface area contributed by atoms with Gasteiger partial charge in [0.25, 0.3) is 10.0 Å². The maximum Gasteiger partial charge on any atom is 0.260 e. The Balaban J connectivity index is 1.99. The number of benzene rings is 1. The van der Waals surface area contributed by atoms with Crippen LogP contribution in [0.2, 0.25) is 0 Å². The largest absolute Gasteiger partial charge is 0.496 e. The molecular weight excluding hydrogens is 360 g/mol. The van der Waals surface area contributed by atoms with Gasteiger partial charge in [-0.25, -0.2) is 18.1 Å². The number of rotatable bonds is 6. The van der Waals surface area contributed by atoms with Gasteiger partial charge in [-0.3, -0.25) is 0 Å². The van der Waals surface area contributed by atoms with Gasteiger partial charge in [0.05, 0.1) is 12.8 Å². The van der Waals surface area contributed by atoms with Crippen LogP contribution in [-0.2, 0) is 16.6 Å². The van der Waals surface area contributed by atoms with Crippen LogP contribution < -0.4 is 9.46 Å². The van der Waals surface area contributed by atoms with E-state index in [1.807, 2.05) is 39.0 Å². The number of nitrogens with one attached hydrogen (secondary N) is 1. The number of aryl methyl sites for hydroxylation is 1. The lowest BCUT2D eigenvalue weighted by Gasteiger charge is -2.11. The van der Waals surface area contributed by atoms with E-state index in [1.165, 1.54) is 15.9 Å². The Hall–Kier alpha value is -1.97. The third-order valence-corrected chi connectivity index (χ3v) is 5.97. The molecule has 0 amide bonds. The predicted molar refractivity (Wildman–Crippen MR) is 96.7 cm³/mol. The molecule has 2 heterocycles. The molecule has 0 aliphatic carbocycles. The fourth-order valence-corrected chi connectivity index (χ4v) is 4.76. The zero-order chi connectivity index (χ0) is 18.2. The highest BCUT2D eigenvalue weighted by Crippen LogP contribution is 2.27. The molecule has 0 atom stereocenters. The molecule has 0 spiro atoms. The molecule has 0 saturated carbocycles. The average Bonchev–Trinajstić information content (AvgIpc) is 3.09. The summed E-state index contributed by atoms with van der Waals surface area (Å²) in [6.07, 6.45) is 0. The van der Waals surface area contributed by atoms with E-state index >= 15 is 0 Å². The molecular formula is C16H20N4O3S2. The lowest BCUT2D eigenvalue weighted by atomic mass is 10.2. The Labute approximate surface area is 150 Å². The minimum atomic E-state index is -3.79. The van der Waals surface area contributed by atoms with Crippen LogP contribution in [0.3, 0.4) is 0 Å². The van der Waals surface area contributed by atoms with E-state index in [9.17, 15) is 8.42 Å². The SMILES string of the molecule is COc1ccccc1CNS(=O)(=O)c1c(C(C)C)nc2sc(C)nn12. The molecule has 0 aliphatic heterocycles. The van der Waals surface area contributed by atoms with Crippen LogP contribution in [-0.4, -0.2) is 30.1 Å². The number of ether oxygens (including phenoxy) is 1. The third kappa shape index (κ3) is 3.39. The zero-order valence-corrected chi connectivity index (χ0v) is 16.1. The first kappa shape index (κ1) is 17.8. The summed E-state index contributed by atoms with van der Waals surface area (Å²) in [6.45, 7) is 5.78. The number of hydrogen-bond donors (Lipinski definition) is 1. The van der Waals surface area contributed by atoms with Crippen LogP contribution >= 0.6 is 11.3 Å².